The molecular formula is C52H78O3Si4. The topological polar surface area (TPSA) is 27.7 Å². The Morgan fingerprint density at radius 1 is 0.458 bits per heavy atom. The highest BCUT2D eigenvalue weighted by molar-refractivity contribution is 7.11. The highest BCUT2D eigenvalue weighted by atomic mass is 28.4. The molecule has 4 rings (SSSR count). The van der Waals surface area contributed by atoms with Crippen LogP contribution in [0.4, 0.5) is 0 Å². The summed E-state index contributed by atoms with van der Waals surface area (Å²) < 4.78 is 21.6. The molecule has 320 valence electrons. The average molecular weight is 864 g/mol. The van der Waals surface area contributed by atoms with Gasteiger partial charge in [-0.2, -0.15) is 0 Å². The van der Waals surface area contributed by atoms with Crippen molar-refractivity contribution in [1.82, 2.24) is 0 Å². The van der Waals surface area contributed by atoms with E-state index >= 15 is 0 Å². The molecule has 0 saturated carbocycles. The fourth-order valence-electron chi connectivity index (χ4n) is 8.24. The second-order valence-electron chi connectivity index (χ2n) is 21.3. The predicted octanol–water partition coefficient (Wildman–Crippen LogP) is 11.5. The SMILES string of the molecule is C[SiH](C)OCC(C=Cc1ccccc1[Si](O[Si](c1ccccc1)(c1ccccc1C=CC(CO[SiH](C)C)C(C)(C)C)C(C)(C)C)(c1ccccc1)C(C)(C)C)C(C)(C)C. The van der Waals surface area contributed by atoms with Crippen LogP contribution in [0.15, 0.2) is 121 Å². The lowest BCUT2D eigenvalue weighted by Gasteiger charge is -2.54. The van der Waals surface area contributed by atoms with Gasteiger partial charge in [-0.1, -0.05) is 217 Å². The van der Waals surface area contributed by atoms with Crippen molar-refractivity contribution in [3.8, 4) is 0 Å². The molecule has 0 aliphatic carbocycles. The first kappa shape index (κ1) is 48.8. The number of hydrogen-bond acceptors (Lipinski definition) is 3. The van der Waals surface area contributed by atoms with Crippen LogP contribution in [0, 0.1) is 22.7 Å². The monoisotopic (exact) mass is 863 g/mol. The van der Waals surface area contributed by atoms with Crippen molar-refractivity contribution < 1.29 is 13.0 Å². The van der Waals surface area contributed by atoms with E-state index in [-0.39, 0.29) is 32.7 Å². The highest BCUT2D eigenvalue weighted by Crippen LogP contribution is 2.46. The molecule has 4 unspecified atom stereocenters. The molecular weight excluding hydrogens is 785 g/mol. The lowest BCUT2D eigenvalue weighted by Crippen LogP contribution is -2.78. The summed E-state index contributed by atoms with van der Waals surface area (Å²) in [6.07, 6.45) is 9.63. The predicted molar refractivity (Wildman–Crippen MR) is 270 cm³/mol. The van der Waals surface area contributed by atoms with Gasteiger partial charge in [-0.15, -0.1) is 0 Å². The maximum absolute atomic E-state index is 8.86. The Bertz CT molecular complexity index is 1820. The molecule has 0 amide bonds. The average Bonchev–Trinajstić information content (AvgIpc) is 3.14. The van der Waals surface area contributed by atoms with Crippen LogP contribution in [0.5, 0.6) is 0 Å². The van der Waals surface area contributed by atoms with E-state index in [1.54, 1.807) is 0 Å². The maximum atomic E-state index is 8.86. The largest absolute Gasteiger partial charge is 0.441 e. The third-order valence-electron chi connectivity index (χ3n) is 11.9. The molecule has 0 heterocycles. The first-order chi connectivity index (χ1) is 27.4. The van der Waals surface area contributed by atoms with Crippen LogP contribution in [-0.2, 0) is 13.0 Å². The van der Waals surface area contributed by atoms with Gasteiger partial charge in [0.05, 0.1) is 0 Å². The minimum atomic E-state index is -3.24. The number of hydrogen-bond donors (Lipinski definition) is 0. The lowest BCUT2D eigenvalue weighted by atomic mass is 9.81. The molecule has 3 nitrogen and oxygen atoms in total. The van der Waals surface area contributed by atoms with Crippen LogP contribution in [0.2, 0.25) is 36.3 Å². The molecule has 0 aliphatic heterocycles. The van der Waals surface area contributed by atoms with Gasteiger partial charge in [0.15, 0.2) is 18.1 Å². The second-order valence-corrected chi connectivity index (χ2v) is 34.9. The molecule has 0 spiro atoms. The van der Waals surface area contributed by atoms with E-state index in [9.17, 15) is 0 Å². The molecule has 0 aliphatic rings. The van der Waals surface area contributed by atoms with E-state index in [4.69, 9.17) is 13.0 Å². The third-order valence-corrected chi connectivity index (χ3v) is 25.0. The van der Waals surface area contributed by atoms with E-state index in [2.05, 4.69) is 243 Å². The van der Waals surface area contributed by atoms with Crippen molar-refractivity contribution in [2.75, 3.05) is 13.2 Å². The number of benzene rings is 4. The Labute approximate surface area is 366 Å². The highest BCUT2D eigenvalue weighted by Gasteiger charge is 2.61. The van der Waals surface area contributed by atoms with Crippen molar-refractivity contribution in [3.05, 3.63) is 132 Å². The quantitative estimate of drug-likeness (QED) is 0.105. The van der Waals surface area contributed by atoms with Gasteiger partial charge < -0.3 is 13.0 Å². The molecule has 4 aromatic rings. The van der Waals surface area contributed by atoms with Gasteiger partial charge >= 0.3 is 0 Å². The van der Waals surface area contributed by atoms with Gasteiger partial charge in [0, 0.05) is 25.0 Å². The Kier molecular flexibility index (Phi) is 16.4. The summed E-state index contributed by atoms with van der Waals surface area (Å²) in [7, 11) is -8.84. The summed E-state index contributed by atoms with van der Waals surface area (Å²) in [4.78, 5) is 0. The van der Waals surface area contributed by atoms with E-state index in [0.29, 0.717) is 0 Å². The van der Waals surface area contributed by atoms with Crippen molar-refractivity contribution in [1.29, 1.82) is 0 Å². The van der Waals surface area contributed by atoms with Crippen molar-refractivity contribution in [3.63, 3.8) is 0 Å². The minimum Gasteiger partial charge on any atom is -0.441 e. The minimum absolute atomic E-state index is 0.0525. The van der Waals surface area contributed by atoms with Crippen molar-refractivity contribution in [2.24, 2.45) is 22.7 Å². The summed E-state index contributed by atoms with van der Waals surface area (Å²) >= 11 is 0. The van der Waals surface area contributed by atoms with Crippen molar-refractivity contribution >= 4 is 67.6 Å². The first-order valence-corrected chi connectivity index (χ1v) is 31.4. The summed E-state index contributed by atoms with van der Waals surface area (Å²) in [5, 5.41) is 4.70. The molecule has 0 saturated heterocycles. The van der Waals surface area contributed by atoms with Gasteiger partial charge in [-0.25, -0.2) is 0 Å². The van der Waals surface area contributed by atoms with E-state index in [1.165, 1.54) is 31.9 Å². The molecule has 4 aromatic carbocycles. The zero-order valence-electron chi connectivity index (χ0n) is 39.7. The Hall–Kier alpha value is -2.89. The standard InChI is InChI=1S/C52H78O3Si4/c1-49(2,3)43(39-53-56(13)14)37-35-41-27-23-25-33-47(41)58(51(7,8)9,45-29-19-17-20-30-45)55-59(52(10,11)12,46-31-21-18-22-32-46)48-34-26-24-28-42(48)36-38-44(50(4,5)6)40-54-57(15)16/h17-38,43-44,56-57H,39-40H2,1-16H3. The summed E-state index contributed by atoms with van der Waals surface area (Å²) in [6, 6.07) is 40.8. The Balaban J connectivity index is 2.15. The van der Waals surface area contributed by atoms with Gasteiger partial charge in [0.2, 0.25) is 0 Å². The van der Waals surface area contributed by atoms with Crippen LogP contribution in [0.1, 0.15) is 94.2 Å². The number of rotatable bonds is 16. The molecule has 4 atom stereocenters. The zero-order valence-corrected chi connectivity index (χ0v) is 44.0. The molecule has 0 bridgehead atoms. The van der Waals surface area contributed by atoms with Gasteiger partial charge in [-0.05, 0) is 79.0 Å². The Morgan fingerprint density at radius 2 is 0.763 bits per heavy atom. The van der Waals surface area contributed by atoms with E-state index < -0.39 is 34.7 Å². The first-order valence-electron chi connectivity index (χ1n) is 22.0. The Morgan fingerprint density at radius 3 is 1.05 bits per heavy atom. The smallest absolute Gasteiger partial charge is 0.251 e. The van der Waals surface area contributed by atoms with Crippen LogP contribution < -0.4 is 20.7 Å². The van der Waals surface area contributed by atoms with Crippen LogP contribution in [-0.4, -0.2) is 47.9 Å². The summed E-state index contributed by atoms with van der Waals surface area (Å²) in [6.45, 7) is 39.1. The molecule has 0 radical (unpaired) electrons. The zero-order chi connectivity index (χ0) is 43.9. The molecule has 7 heteroatoms. The molecule has 0 fully saturated rings. The molecule has 59 heavy (non-hydrogen) atoms. The van der Waals surface area contributed by atoms with Crippen LogP contribution in [0.25, 0.3) is 12.2 Å². The maximum Gasteiger partial charge on any atom is 0.251 e. The molecule has 0 aromatic heterocycles. The van der Waals surface area contributed by atoms with E-state index in [1.807, 2.05) is 0 Å². The fourth-order valence-corrected chi connectivity index (χ4v) is 22.6. The second kappa shape index (κ2) is 19.9. The van der Waals surface area contributed by atoms with Gasteiger partial charge in [0.25, 0.3) is 16.6 Å². The van der Waals surface area contributed by atoms with Crippen molar-refractivity contribution in [2.45, 2.75) is 119 Å². The van der Waals surface area contributed by atoms with Crippen LogP contribution in [0.3, 0.4) is 0 Å². The van der Waals surface area contributed by atoms with E-state index in [0.717, 1.165) is 13.2 Å². The summed E-state index contributed by atoms with van der Waals surface area (Å²) in [5.74, 6) is 0.537. The normalized spacial score (nSPS) is 16.4. The lowest BCUT2D eigenvalue weighted by molar-refractivity contribution is 0.185. The van der Waals surface area contributed by atoms with Gasteiger partial charge in [-0.3, -0.25) is 0 Å². The van der Waals surface area contributed by atoms with Crippen LogP contribution >= 0.6 is 0 Å². The van der Waals surface area contributed by atoms with Gasteiger partial charge in [0.1, 0.15) is 0 Å². The fraction of sp³-hybridized carbons (Fsp3) is 0.462. The summed E-state index contributed by atoms with van der Waals surface area (Å²) in [5.41, 5.74) is 2.57. The third kappa shape index (κ3) is 11.7. The molecule has 0 N–H and O–H groups in total.